The first-order chi connectivity index (χ1) is 5.18. The molecule has 3 nitrogen and oxygen atoms in total. The van der Waals surface area contributed by atoms with E-state index < -0.39 is 7.32 Å². The molecule has 1 aromatic carbocycles. The fourth-order valence-corrected chi connectivity index (χ4v) is 0.810. The summed E-state index contributed by atoms with van der Waals surface area (Å²) >= 11 is 0. The van der Waals surface area contributed by atoms with E-state index in [1.54, 1.807) is 18.2 Å². The van der Waals surface area contributed by atoms with Gasteiger partial charge in [-0.2, -0.15) is 0 Å². The van der Waals surface area contributed by atoms with Gasteiger partial charge in [0.15, 0.2) is 0 Å². The first-order valence-corrected chi connectivity index (χ1v) is 3.28. The van der Waals surface area contributed by atoms with Gasteiger partial charge in [0, 0.05) is 0 Å². The quantitative estimate of drug-likeness (QED) is 0.507. The van der Waals surface area contributed by atoms with E-state index >= 15 is 0 Å². The van der Waals surface area contributed by atoms with Crippen molar-refractivity contribution in [3.63, 3.8) is 0 Å². The smallest absolute Gasteiger partial charge is 1.00 e. The van der Waals surface area contributed by atoms with Crippen molar-refractivity contribution in [2.24, 2.45) is 0 Å². The summed E-state index contributed by atoms with van der Waals surface area (Å²) in [6, 6.07) is 7.07. The van der Waals surface area contributed by atoms with Crippen molar-refractivity contribution in [1.82, 2.24) is 0 Å². The molecule has 0 spiro atoms. The fraction of sp³-hybridized carbons (Fsp3) is 0.143. The molecule has 12 heavy (non-hydrogen) atoms. The van der Waals surface area contributed by atoms with Gasteiger partial charge in [-0.25, -0.2) is 0 Å². The number of aryl methyl sites for hydroxylation is 1. The average molecular weight is 192 g/mol. The Morgan fingerprint density at radius 1 is 1.42 bits per heavy atom. The van der Waals surface area contributed by atoms with Crippen LogP contribution in [0.3, 0.4) is 0 Å². The van der Waals surface area contributed by atoms with Crippen LogP contribution in [0.1, 0.15) is 6.99 Å². The molecule has 0 aromatic heterocycles. The monoisotopic (exact) mass is 192 g/mol. The summed E-state index contributed by atoms with van der Waals surface area (Å²) in [7, 11) is -1.74. The first kappa shape index (κ1) is 12.6. The Bertz CT molecular complexity index is 247. The van der Waals surface area contributed by atoms with E-state index in [4.69, 9.17) is 10.0 Å². The van der Waals surface area contributed by atoms with Crippen LogP contribution in [0.4, 0.5) is 0 Å². The molecule has 60 valence electrons. The minimum atomic E-state index is -1.74. The van der Waals surface area contributed by atoms with Gasteiger partial charge in [-0.15, -0.1) is 0 Å². The molecule has 0 unspecified atom stereocenters. The summed E-state index contributed by atoms with van der Waals surface area (Å²) in [5, 5.41) is 16.9. The van der Waals surface area contributed by atoms with Gasteiger partial charge in [0.1, 0.15) is 5.75 Å². The normalized spacial score (nSPS) is 8.58. The van der Waals surface area contributed by atoms with Crippen LogP contribution in [-0.2, 0) is 0 Å². The van der Waals surface area contributed by atoms with Gasteiger partial charge in [0.2, 0.25) is 0 Å². The Labute approximate surface area is 116 Å². The maximum Gasteiger partial charge on any atom is 1.00 e. The predicted molar refractivity (Wildman–Crippen MR) is 43.1 cm³/mol. The second kappa shape index (κ2) is 6.15. The largest absolute Gasteiger partial charge is 1.00 e. The zero-order valence-corrected chi connectivity index (χ0v) is 10.3. The van der Waals surface area contributed by atoms with Gasteiger partial charge in [-0.3, -0.25) is 0 Å². The molecule has 0 aliphatic carbocycles. The molecule has 1 rings (SSSR count). The summed E-state index contributed by atoms with van der Waals surface area (Å²) in [6.45, 7) is 1.90. The molecule has 0 atom stereocenters. The van der Waals surface area contributed by atoms with Crippen LogP contribution in [0.2, 0.25) is 0 Å². The van der Waals surface area contributed by atoms with E-state index in [2.05, 4.69) is 4.65 Å². The van der Waals surface area contributed by atoms with Crippen molar-refractivity contribution < 1.29 is 67.5 Å². The van der Waals surface area contributed by atoms with Crippen molar-refractivity contribution in [3.05, 3.63) is 29.8 Å². The zero-order chi connectivity index (χ0) is 8.27. The minimum Gasteiger partial charge on any atom is -1.00 e. The van der Waals surface area contributed by atoms with E-state index in [9.17, 15) is 0 Å². The summed E-state index contributed by atoms with van der Waals surface area (Å²) in [6.07, 6.45) is 0. The molecule has 0 radical (unpaired) electrons. The van der Waals surface area contributed by atoms with Crippen LogP contribution >= 0.6 is 0 Å². The molecule has 2 N–H and O–H groups in total. The van der Waals surface area contributed by atoms with Crippen molar-refractivity contribution >= 4 is 7.32 Å². The number of rotatable bonds is 2. The van der Waals surface area contributed by atoms with Crippen LogP contribution in [0.5, 0.6) is 5.75 Å². The van der Waals surface area contributed by atoms with Gasteiger partial charge < -0.3 is 16.1 Å². The van der Waals surface area contributed by atoms with E-state index in [1.807, 2.05) is 13.0 Å². The second-order valence-corrected chi connectivity index (χ2v) is 2.26. The minimum absolute atomic E-state index is 0. The molecule has 0 aliphatic heterocycles. The molecule has 0 heterocycles. The van der Waals surface area contributed by atoms with Crippen molar-refractivity contribution in [3.8, 4) is 5.75 Å². The van der Waals surface area contributed by atoms with Gasteiger partial charge in [0.05, 0.1) is 0 Å². The third kappa shape index (κ3) is 4.61. The Kier molecular flexibility index (Phi) is 6.48. The summed E-state index contributed by atoms with van der Waals surface area (Å²) in [5.74, 6) is 0.458. The Hall–Kier alpha value is 0.641. The Morgan fingerprint density at radius 2 is 2.08 bits per heavy atom. The average Bonchev–Trinajstić information content (AvgIpc) is 1.85. The Balaban J connectivity index is 0. The zero-order valence-electron chi connectivity index (χ0n) is 8.19. The van der Waals surface area contributed by atoms with Crippen molar-refractivity contribution in [2.75, 3.05) is 0 Å². The summed E-state index contributed by atoms with van der Waals surface area (Å²) < 4.78 is 4.61. The second-order valence-electron chi connectivity index (χ2n) is 2.26. The fourth-order valence-electron chi connectivity index (χ4n) is 0.810. The maximum absolute atomic E-state index is 8.43. The SMILES string of the molecule is Cc1cccc(OB(O)O)c1.[H-].[K+]. The third-order valence-corrected chi connectivity index (χ3v) is 1.23. The third-order valence-electron chi connectivity index (χ3n) is 1.23. The summed E-state index contributed by atoms with van der Waals surface area (Å²) in [4.78, 5) is 0. The van der Waals surface area contributed by atoms with Gasteiger partial charge in [-0.1, -0.05) is 12.1 Å². The van der Waals surface area contributed by atoms with Crippen molar-refractivity contribution in [1.29, 1.82) is 0 Å². The number of hydrogen-bond donors (Lipinski definition) is 2. The van der Waals surface area contributed by atoms with Crippen LogP contribution in [0.25, 0.3) is 0 Å². The molecule has 0 bridgehead atoms. The molecule has 5 heteroatoms. The van der Waals surface area contributed by atoms with Gasteiger partial charge in [-0.05, 0) is 24.6 Å². The van der Waals surface area contributed by atoms with Gasteiger partial charge in [0.25, 0.3) is 0 Å². The molecule has 1 aromatic rings. The predicted octanol–water partition coefficient (Wildman–Crippen LogP) is -2.54. The molecular weight excluding hydrogens is 182 g/mol. The first-order valence-electron chi connectivity index (χ1n) is 3.28. The maximum atomic E-state index is 8.43. The molecule has 0 saturated heterocycles. The van der Waals surface area contributed by atoms with E-state index in [1.165, 1.54) is 0 Å². The van der Waals surface area contributed by atoms with Crippen LogP contribution in [-0.4, -0.2) is 17.4 Å². The Morgan fingerprint density at radius 3 is 2.58 bits per heavy atom. The van der Waals surface area contributed by atoms with Crippen molar-refractivity contribution in [2.45, 2.75) is 6.92 Å². The summed E-state index contributed by atoms with van der Waals surface area (Å²) in [5.41, 5.74) is 1.02. The topological polar surface area (TPSA) is 49.7 Å². The van der Waals surface area contributed by atoms with E-state index in [-0.39, 0.29) is 52.8 Å². The number of hydrogen-bond acceptors (Lipinski definition) is 3. The van der Waals surface area contributed by atoms with Crippen LogP contribution < -0.4 is 56.0 Å². The molecule has 0 fully saturated rings. The van der Waals surface area contributed by atoms with E-state index in [0.29, 0.717) is 5.75 Å². The standard InChI is InChI=1S/C7H9BO3.K.H/c1-6-3-2-4-7(5-6)11-8(9)10;;/h2-5,9-10H,1H3;;/q;+1;-1. The molecule has 0 amide bonds. The van der Waals surface area contributed by atoms with Gasteiger partial charge >= 0.3 is 58.7 Å². The van der Waals surface area contributed by atoms with E-state index in [0.717, 1.165) is 5.56 Å². The molecule has 0 aliphatic rings. The van der Waals surface area contributed by atoms with Crippen LogP contribution in [0, 0.1) is 6.92 Å². The molecule has 0 saturated carbocycles. The van der Waals surface area contributed by atoms with Crippen LogP contribution in [0.15, 0.2) is 24.3 Å². The molecular formula is C7H10BKO3. The number of benzene rings is 1.